The van der Waals surface area contributed by atoms with Gasteiger partial charge in [-0.3, -0.25) is 0 Å². The van der Waals surface area contributed by atoms with Gasteiger partial charge in [-0.05, 0) is 35.7 Å². The molecule has 0 saturated carbocycles. The minimum atomic E-state index is 0.304. The molecule has 2 heteroatoms. The molecule has 1 heterocycles. The van der Waals surface area contributed by atoms with Crippen LogP contribution in [0, 0.1) is 0 Å². The van der Waals surface area contributed by atoms with Crippen LogP contribution in [0.15, 0.2) is 48.5 Å². The van der Waals surface area contributed by atoms with Crippen LogP contribution in [0.3, 0.4) is 0 Å². The average molecular weight is 305 g/mol. The third-order valence-corrected chi connectivity index (χ3v) is 5.03. The van der Waals surface area contributed by atoms with E-state index in [0.29, 0.717) is 12.0 Å². The summed E-state index contributed by atoms with van der Waals surface area (Å²) in [7, 11) is 2.19. The van der Waals surface area contributed by atoms with Crippen molar-refractivity contribution in [1.29, 1.82) is 0 Å². The van der Waals surface area contributed by atoms with Crippen molar-refractivity contribution in [3.63, 3.8) is 0 Å². The van der Waals surface area contributed by atoms with Gasteiger partial charge in [-0.25, -0.2) is 0 Å². The Hall–Kier alpha value is -1.90. The highest BCUT2D eigenvalue weighted by Gasteiger charge is 2.27. The number of rotatable bonds is 2. The van der Waals surface area contributed by atoms with E-state index in [4.69, 9.17) is 4.74 Å². The van der Waals surface area contributed by atoms with Crippen molar-refractivity contribution < 1.29 is 4.74 Å². The van der Waals surface area contributed by atoms with Crippen molar-refractivity contribution in [1.82, 2.24) is 4.90 Å². The molecule has 0 radical (unpaired) electrons. The summed E-state index contributed by atoms with van der Waals surface area (Å²) in [6, 6.07) is 17.6. The highest BCUT2D eigenvalue weighted by Crippen LogP contribution is 2.38. The summed E-state index contributed by atoms with van der Waals surface area (Å²) in [6.07, 6.45) is 5.85. The van der Waals surface area contributed by atoms with Crippen LogP contribution in [0.4, 0.5) is 0 Å². The fourth-order valence-electron chi connectivity index (χ4n) is 3.83. The van der Waals surface area contributed by atoms with E-state index in [-0.39, 0.29) is 0 Å². The zero-order valence-corrected chi connectivity index (χ0v) is 13.6. The maximum absolute atomic E-state index is 6.06. The molecule has 0 bridgehead atoms. The Morgan fingerprint density at radius 3 is 2.17 bits per heavy atom. The van der Waals surface area contributed by atoms with Crippen LogP contribution in [-0.2, 0) is 4.74 Å². The van der Waals surface area contributed by atoms with Gasteiger partial charge in [-0.1, -0.05) is 60.7 Å². The van der Waals surface area contributed by atoms with Crippen LogP contribution >= 0.6 is 0 Å². The second-order valence-electron chi connectivity index (χ2n) is 6.63. The van der Waals surface area contributed by atoms with Crippen molar-refractivity contribution >= 4 is 12.2 Å². The molecular weight excluding hydrogens is 282 g/mol. The van der Waals surface area contributed by atoms with Crippen LogP contribution in [-0.4, -0.2) is 37.7 Å². The van der Waals surface area contributed by atoms with E-state index in [2.05, 4.69) is 72.6 Å². The lowest BCUT2D eigenvalue weighted by Crippen LogP contribution is -2.40. The molecule has 0 amide bonds. The normalized spacial score (nSPS) is 21.5. The van der Waals surface area contributed by atoms with Gasteiger partial charge in [0.25, 0.3) is 0 Å². The molecule has 1 saturated heterocycles. The van der Waals surface area contributed by atoms with Crippen molar-refractivity contribution in [2.75, 3.05) is 26.7 Å². The number of hydrogen-bond donors (Lipinski definition) is 0. The number of hydrogen-bond acceptors (Lipinski definition) is 2. The molecule has 1 unspecified atom stereocenters. The lowest BCUT2D eigenvalue weighted by Gasteiger charge is -2.33. The van der Waals surface area contributed by atoms with Gasteiger partial charge in [0.15, 0.2) is 0 Å². The predicted octanol–water partition coefficient (Wildman–Crippen LogP) is 4.02. The van der Waals surface area contributed by atoms with Crippen LogP contribution in [0.25, 0.3) is 12.2 Å². The molecule has 23 heavy (non-hydrogen) atoms. The third kappa shape index (κ3) is 2.97. The quantitative estimate of drug-likeness (QED) is 0.831. The van der Waals surface area contributed by atoms with Crippen molar-refractivity contribution in [3.8, 4) is 0 Å². The first-order valence-electron chi connectivity index (χ1n) is 8.47. The van der Waals surface area contributed by atoms with E-state index in [9.17, 15) is 0 Å². The zero-order valence-electron chi connectivity index (χ0n) is 13.6. The van der Waals surface area contributed by atoms with Gasteiger partial charge in [0.2, 0.25) is 0 Å². The first-order valence-corrected chi connectivity index (χ1v) is 8.47. The van der Waals surface area contributed by atoms with Gasteiger partial charge in [0.05, 0.1) is 12.7 Å². The van der Waals surface area contributed by atoms with Crippen molar-refractivity contribution in [2.24, 2.45) is 0 Å². The van der Waals surface area contributed by atoms with Gasteiger partial charge < -0.3 is 9.64 Å². The Kier molecular flexibility index (Phi) is 4.02. The maximum atomic E-state index is 6.06. The van der Waals surface area contributed by atoms with Crippen LogP contribution < -0.4 is 0 Å². The maximum Gasteiger partial charge on any atom is 0.0711 e. The van der Waals surface area contributed by atoms with Crippen molar-refractivity contribution in [3.05, 3.63) is 70.8 Å². The summed E-state index contributed by atoms with van der Waals surface area (Å²) >= 11 is 0. The fourth-order valence-corrected chi connectivity index (χ4v) is 3.83. The molecule has 2 nitrogen and oxygen atoms in total. The summed E-state index contributed by atoms with van der Waals surface area (Å²) in [5.41, 5.74) is 5.51. The Bertz CT molecular complexity index is 672. The number of morpholine rings is 1. The molecule has 1 aliphatic carbocycles. The molecule has 4 rings (SSSR count). The number of nitrogens with zero attached hydrogens (tertiary/aromatic N) is 1. The van der Waals surface area contributed by atoms with E-state index in [1.54, 1.807) is 0 Å². The number of fused-ring (bicyclic) bond motifs is 2. The van der Waals surface area contributed by atoms with E-state index >= 15 is 0 Å². The zero-order chi connectivity index (χ0) is 15.6. The second kappa shape index (κ2) is 6.31. The van der Waals surface area contributed by atoms with E-state index in [1.165, 1.54) is 22.3 Å². The Morgan fingerprint density at radius 1 is 0.957 bits per heavy atom. The largest absolute Gasteiger partial charge is 0.376 e. The van der Waals surface area contributed by atoms with Crippen LogP contribution in [0.1, 0.15) is 34.6 Å². The molecule has 0 aromatic heterocycles. The smallest absolute Gasteiger partial charge is 0.0711 e. The minimum Gasteiger partial charge on any atom is -0.376 e. The Morgan fingerprint density at radius 2 is 1.57 bits per heavy atom. The Labute approximate surface area is 138 Å². The summed E-state index contributed by atoms with van der Waals surface area (Å²) < 4.78 is 6.06. The first kappa shape index (κ1) is 14.7. The standard InChI is InChI=1S/C21H23NO/c1-22-12-13-23-18(15-22)14-21-19-8-4-2-6-16(19)10-11-17-7-3-5-9-20(17)21/h2-11,18,21H,12-15H2,1H3. The van der Waals surface area contributed by atoms with E-state index in [0.717, 1.165) is 26.1 Å². The van der Waals surface area contributed by atoms with Crippen molar-refractivity contribution in [2.45, 2.75) is 18.4 Å². The van der Waals surface area contributed by atoms with Gasteiger partial charge in [-0.15, -0.1) is 0 Å². The minimum absolute atomic E-state index is 0.304. The molecule has 1 fully saturated rings. The summed E-state index contributed by atoms with van der Waals surface area (Å²) in [6.45, 7) is 2.90. The third-order valence-electron chi connectivity index (χ3n) is 5.03. The topological polar surface area (TPSA) is 12.5 Å². The molecule has 0 spiro atoms. The summed E-state index contributed by atoms with van der Waals surface area (Å²) in [4.78, 5) is 2.38. The highest BCUT2D eigenvalue weighted by atomic mass is 16.5. The van der Waals surface area contributed by atoms with Gasteiger partial charge in [-0.2, -0.15) is 0 Å². The molecular formula is C21H23NO. The second-order valence-corrected chi connectivity index (χ2v) is 6.63. The molecule has 2 aliphatic rings. The van der Waals surface area contributed by atoms with Gasteiger partial charge >= 0.3 is 0 Å². The van der Waals surface area contributed by atoms with Crippen LogP contribution in [0.5, 0.6) is 0 Å². The number of likely N-dealkylation sites (N-methyl/N-ethyl adjacent to an activating group) is 1. The monoisotopic (exact) mass is 305 g/mol. The lowest BCUT2D eigenvalue weighted by atomic mass is 9.83. The highest BCUT2D eigenvalue weighted by molar-refractivity contribution is 5.76. The SMILES string of the molecule is CN1CCOC(CC2c3ccccc3C=Cc3ccccc32)C1. The summed E-state index contributed by atoms with van der Waals surface area (Å²) in [5, 5.41) is 0. The summed E-state index contributed by atoms with van der Waals surface area (Å²) in [5.74, 6) is 0.397. The van der Waals surface area contributed by atoms with Crippen LogP contribution in [0.2, 0.25) is 0 Å². The van der Waals surface area contributed by atoms with E-state index < -0.39 is 0 Å². The average Bonchev–Trinajstić information content (AvgIpc) is 2.73. The first-order chi connectivity index (χ1) is 11.3. The predicted molar refractivity (Wildman–Crippen MR) is 95.5 cm³/mol. The lowest BCUT2D eigenvalue weighted by molar-refractivity contribution is -0.0250. The molecule has 0 N–H and O–H groups in total. The molecule has 1 atom stereocenters. The molecule has 118 valence electrons. The van der Waals surface area contributed by atoms with E-state index in [1.807, 2.05) is 0 Å². The van der Waals surface area contributed by atoms with Gasteiger partial charge in [0, 0.05) is 19.0 Å². The number of benzene rings is 2. The fraction of sp³-hybridized carbons (Fsp3) is 0.333. The molecule has 1 aliphatic heterocycles. The molecule has 2 aromatic carbocycles. The van der Waals surface area contributed by atoms with Gasteiger partial charge in [0.1, 0.15) is 0 Å². The molecule has 2 aromatic rings. The Balaban J connectivity index is 1.73. The number of ether oxygens (including phenoxy) is 1.